The predicted octanol–water partition coefficient (Wildman–Crippen LogP) is 2.85. The van der Waals surface area contributed by atoms with Crippen molar-refractivity contribution in [1.29, 1.82) is 0 Å². The summed E-state index contributed by atoms with van der Waals surface area (Å²) >= 11 is 0. The van der Waals surface area contributed by atoms with Crippen molar-refractivity contribution in [3.8, 4) is 0 Å². The number of carbonyl (C=O) groups is 1. The molecule has 10 heteroatoms. The van der Waals surface area contributed by atoms with Crippen LogP contribution in [0.15, 0.2) is 47.4 Å². The van der Waals surface area contributed by atoms with Crippen LogP contribution in [0, 0.1) is 13.8 Å². The van der Waals surface area contributed by atoms with Crippen molar-refractivity contribution < 1.29 is 22.0 Å². The molecule has 2 aromatic carbocycles. The summed E-state index contributed by atoms with van der Waals surface area (Å²) in [6.07, 6.45) is 0. The van der Waals surface area contributed by atoms with E-state index in [9.17, 15) is 22.0 Å². The van der Waals surface area contributed by atoms with E-state index in [2.05, 4.69) is 10.0 Å². The highest BCUT2D eigenvalue weighted by Crippen LogP contribution is 2.21. The van der Waals surface area contributed by atoms with E-state index >= 15 is 0 Å². The fourth-order valence-corrected chi connectivity index (χ4v) is 3.65. The molecule has 0 saturated heterocycles. The monoisotopic (exact) mass is 433 g/mol. The van der Waals surface area contributed by atoms with Gasteiger partial charge in [0.05, 0.1) is 18.0 Å². The van der Waals surface area contributed by atoms with E-state index < -0.39 is 34.9 Å². The fraction of sp³-hybridized carbons (Fsp3) is 0.278. The average molecular weight is 434 g/mol. The molecule has 4 N–H and O–H groups in total. The summed E-state index contributed by atoms with van der Waals surface area (Å²) in [4.78, 5) is 12.0. The van der Waals surface area contributed by atoms with E-state index in [1.807, 2.05) is 13.0 Å². The summed E-state index contributed by atoms with van der Waals surface area (Å²) in [6, 6.07) is 10.8. The van der Waals surface area contributed by atoms with Gasteiger partial charge in [-0.1, -0.05) is 18.2 Å². The van der Waals surface area contributed by atoms with Gasteiger partial charge in [0.1, 0.15) is 0 Å². The Morgan fingerprint density at radius 3 is 2.43 bits per heavy atom. The normalized spacial score (nSPS) is 11.5. The van der Waals surface area contributed by atoms with Gasteiger partial charge >= 0.3 is 0 Å². The molecular formula is C18H22ClF2N3O3S. The third kappa shape index (κ3) is 6.15. The highest BCUT2D eigenvalue weighted by molar-refractivity contribution is 7.92. The molecule has 0 aliphatic heterocycles. The van der Waals surface area contributed by atoms with E-state index in [1.54, 1.807) is 25.1 Å². The Morgan fingerprint density at radius 2 is 1.82 bits per heavy atom. The molecule has 2 aromatic rings. The van der Waals surface area contributed by atoms with Crippen LogP contribution in [-0.2, 0) is 10.0 Å². The van der Waals surface area contributed by atoms with Gasteiger partial charge in [0.15, 0.2) is 0 Å². The molecule has 28 heavy (non-hydrogen) atoms. The van der Waals surface area contributed by atoms with Gasteiger partial charge in [0.2, 0.25) is 0 Å². The van der Waals surface area contributed by atoms with Crippen LogP contribution in [0.4, 0.5) is 14.5 Å². The highest BCUT2D eigenvalue weighted by atomic mass is 35.5. The van der Waals surface area contributed by atoms with E-state index in [1.165, 1.54) is 12.1 Å². The Labute approximate surface area is 169 Å². The molecule has 0 radical (unpaired) electrons. The molecule has 1 amide bonds. The number of anilines is 1. The smallest absolute Gasteiger partial charge is 0.277 e. The highest BCUT2D eigenvalue weighted by Gasteiger charge is 2.27. The fourth-order valence-electron chi connectivity index (χ4n) is 2.33. The number of carbonyl (C=O) groups excluding carboxylic acids is 1. The van der Waals surface area contributed by atoms with Gasteiger partial charge in [0, 0.05) is 11.3 Å². The van der Waals surface area contributed by atoms with Gasteiger partial charge < -0.3 is 11.1 Å². The molecule has 2 rings (SSSR count). The zero-order valence-electron chi connectivity index (χ0n) is 15.3. The van der Waals surface area contributed by atoms with E-state index in [0.717, 1.165) is 11.6 Å². The number of amides is 1. The van der Waals surface area contributed by atoms with E-state index in [4.69, 9.17) is 5.73 Å². The minimum absolute atomic E-state index is 0. The molecule has 0 aromatic heterocycles. The molecule has 0 unspecified atom stereocenters. The molecule has 0 bridgehead atoms. The zero-order chi connectivity index (χ0) is 20.2. The number of nitrogens with one attached hydrogen (secondary N) is 2. The maximum Gasteiger partial charge on any atom is 0.277 e. The Kier molecular flexibility index (Phi) is 7.92. The Hall–Kier alpha value is -2.23. The standard InChI is InChI=1S/C18H21F2N3O3S.ClH/c1-12-4-3-5-15(8-12)23-27(25,26)16-9-14(7-6-13(16)2)17(24)22-11-18(19,20)10-21;/h3-9,23H,10-11,21H2,1-2H3,(H,22,24);1H. The van der Waals surface area contributed by atoms with Gasteiger partial charge in [-0.25, -0.2) is 17.2 Å². The van der Waals surface area contributed by atoms with Gasteiger partial charge in [-0.3, -0.25) is 9.52 Å². The Balaban J connectivity index is 0.00000392. The average Bonchev–Trinajstić information content (AvgIpc) is 2.59. The lowest BCUT2D eigenvalue weighted by molar-refractivity contribution is 0.0118. The second-order valence-corrected chi connectivity index (χ2v) is 7.85. The number of rotatable bonds is 7. The van der Waals surface area contributed by atoms with Crippen molar-refractivity contribution in [2.45, 2.75) is 24.7 Å². The topological polar surface area (TPSA) is 101 Å². The number of sulfonamides is 1. The van der Waals surface area contributed by atoms with E-state index in [-0.39, 0.29) is 22.9 Å². The van der Waals surface area contributed by atoms with Crippen LogP contribution in [0.3, 0.4) is 0 Å². The van der Waals surface area contributed by atoms with Crippen LogP contribution in [0.2, 0.25) is 0 Å². The molecule has 0 aliphatic rings. The second kappa shape index (κ2) is 9.31. The Bertz CT molecular complexity index is 953. The lowest BCUT2D eigenvalue weighted by atomic mass is 10.1. The largest absolute Gasteiger partial charge is 0.346 e. The summed E-state index contributed by atoms with van der Waals surface area (Å²) in [7, 11) is -3.96. The summed E-state index contributed by atoms with van der Waals surface area (Å²) in [5, 5.41) is 2.06. The first-order chi connectivity index (χ1) is 12.5. The van der Waals surface area contributed by atoms with Crippen molar-refractivity contribution in [3.63, 3.8) is 0 Å². The van der Waals surface area contributed by atoms with Crippen LogP contribution in [0.5, 0.6) is 0 Å². The number of hydrogen-bond donors (Lipinski definition) is 3. The molecular weight excluding hydrogens is 412 g/mol. The Morgan fingerprint density at radius 1 is 1.14 bits per heavy atom. The van der Waals surface area contributed by atoms with Crippen molar-refractivity contribution in [2.75, 3.05) is 17.8 Å². The second-order valence-electron chi connectivity index (χ2n) is 6.20. The zero-order valence-corrected chi connectivity index (χ0v) is 17.0. The van der Waals surface area contributed by atoms with Crippen molar-refractivity contribution >= 4 is 34.0 Å². The lowest BCUT2D eigenvalue weighted by Gasteiger charge is -2.15. The molecule has 0 fully saturated rings. The lowest BCUT2D eigenvalue weighted by Crippen LogP contribution is -2.41. The van der Waals surface area contributed by atoms with Crippen LogP contribution in [0.1, 0.15) is 21.5 Å². The molecule has 154 valence electrons. The van der Waals surface area contributed by atoms with Crippen LogP contribution < -0.4 is 15.8 Å². The van der Waals surface area contributed by atoms with Crippen molar-refractivity contribution in [1.82, 2.24) is 5.32 Å². The minimum atomic E-state index is -3.96. The first-order valence-corrected chi connectivity index (χ1v) is 9.59. The number of halogens is 3. The SMILES string of the molecule is Cc1cccc(NS(=O)(=O)c2cc(C(=O)NCC(F)(F)CN)ccc2C)c1.Cl. The molecule has 0 atom stereocenters. The van der Waals surface area contributed by atoms with Gasteiger partial charge in [-0.15, -0.1) is 12.4 Å². The molecule has 6 nitrogen and oxygen atoms in total. The third-order valence-electron chi connectivity index (χ3n) is 3.82. The van der Waals surface area contributed by atoms with Gasteiger partial charge in [0.25, 0.3) is 21.9 Å². The van der Waals surface area contributed by atoms with Crippen molar-refractivity contribution in [2.24, 2.45) is 5.73 Å². The number of aryl methyl sites for hydroxylation is 2. The van der Waals surface area contributed by atoms with Crippen molar-refractivity contribution in [3.05, 3.63) is 59.2 Å². The van der Waals surface area contributed by atoms with Crippen LogP contribution in [0.25, 0.3) is 0 Å². The van der Waals surface area contributed by atoms with Gasteiger partial charge in [-0.2, -0.15) is 0 Å². The molecule has 0 heterocycles. The third-order valence-corrected chi connectivity index (χ3v) is 5.34. The number of benzene rings is 2. The van der Waals surface area contributed by atoms with Crippen LogP contribution >= 0.6 is 12.4 Å². The number of nitrogens with two attached hydrogens (primary N) is 1. The first-order valence-electron chi connectivity index (χ1n) is 8.10. The summed E-state index contributed by atoms with van der Waals surface area (Å²) < 4.78 is 54.2. The minimum Gasteiger partial charge on any atom is -0.346 e. The summed E-state index contributed by atoms with van der Waals surface area (Å²) in [6.45, 7) is 1.57. The summed E-state index contributed by atoms with van der Waals surface area (Å²) in [5.41, 5.74) is 6.56. The number of alkyl halides is 2. The molecule has 0 saturated carbocycles. The predicted molar refractivity (Wildman–Crippen MR) is 107 cm³/mol. The van der Waals surface area contributed by atoms with Gasteiger partial charge in [-0.05, 0) is 49.2 Å². The molecule has 0 spiro atoms. The number of hydrogen-bond acceptors (Lipinski definition) is 4. The maximum atomic E-state index is 13.2. The first kappa shape index (κ1) is 23.8. The maximum absolute atomic E-state index is 13.2. The van der Waals surface area contributed by atoms with E-state index in [0.29, 0.717) is 11.3 Å². The quantitative estimate of drug-likeness (QED) is 0.624. The van der Waals surface area contributed by atoms with Crippen LogP contribution in [-0.4, -0.2) is 33.3 Å². The summed E-state index contributed by atoms with van der Waals surface area (Å²) in [5.74, 6) is -4.04. The molecule has 0 aliphatic carbocycles.